The van der Waals surface area contributed by atoms with Crippen molar-refractivity contribution in [3.63, 3.8) is 0 Å². The lowest BCUT2D eigenvalue weighted by Gasteiger charge is -2.36. The van der Waals surface area contributed by atoms with Crippen LogP contribution in [0, 0.1) is 0 Å². The number of methoxy groups -OCH3 is 1. The number of nitrogens with zero attached hydrogens (tertiary/aromatic N) is 2. The molecular formula is C28H35N3O5. The molecule has 0 atom stereocenters. The molecule has 2 aromatic rings. The number of fused-ring (bicyclic) bond motifs is 1. The molecule has 1 fully saturated rings. The average molecular weight is 494 g/mol. The summed E-state index contributed by atoms with van der Waals surface area (Å²) in [6.45, 7) is 7.90. The molecule has 1 N–H and O–H groups in total. The van der Waals surface area contributed by atoms with Crippen molar-refractivity contribution in [3.05, 3.63) is 59.2 Å². The molecule has 0 aliphatic carbocycles. The van der Waals surface area contributed by atoms with E-state index in [-0.39, 0.29) is 18.5 Å². The van der Waals surface area contributed by atoms with Gasteiger partial charge in [0.2, 0.25) is 0 Å². The van der Waals surface area contributed by atoms with Gasteiger partial charge >= 0.3 is 5.97 Å². The molecule has 8 nitrogen and oxygen atoms in total. The molecule has 8 heteroatoms. The monoisotopic (exact) mass is 493 g/mol. The molecule has 192 valence electrons. The second-order valence-corrected chi connectivity index (χ2v) is 8.92. The molecule has 36 heavy (non-hydrogen) atoms. The second kappa shape index (κ2) is 12.4. The lowest BCUT2D eigenvalue weighted by molar-refractivity contribution is -0.117. The van der Waals surface area contributed by atoms with Crippen molar-refractivity contribution in [1.82, 2.24) is 10.2 Å². The maximum atomic E-state index is 12.6. The van der Waals surface area contributed by atoms with Gasteiger partial charge in [-0.25, -0.2) is 4.79 Å². The largest absolute Gasteiger partial charge is 0.497 e. The molecular weight excluding hydrogens is 458 g/mol. The molecule has 2 aromatic carbocycles. The van der Waals surface area contributed by atoms with Gasteiger partial charge in [-0.05, 0) is 68.8 Å². The summed E-state index contributed by atoms with van der Waals surface area (Å²) in [5, 5.41) is 3.02. The van der Waals surface area contributed by atoms with Crippen molar-refractivity contribution in [2.24, 2.45) is 0 Å². The lowest BCUT2D eigenvalue weighted by atomic mass is 10.1. The van der Waals surface area contributed by atoms with E-state index in [1.165, 1.54) is 0 Å². The maximum absolute atomic E-state index is 12.6. The first-order valence-electron chi connectivity index (χ1n) is 12.6. The lowest BCUT2D eigenvalue weighted by Crippen LogP contribution is -2.46. The summed E-state index contributed by atoms with van der Waals surface area (Å²) in [5.41, 5.74) is 3.14. The topological polar surface area (TPSA) is 80.3 Å². The number of piperazine rings is 1. The van der Waals surface area contributed by atoms with Crippen LogP contribution in [0.3, 0.4) is 0 Å². The van der Waals surface area contributed by atoms with Gasteiger partial charge in [0.1, 0.15) is 18.1 Å². The van der Waals surface area contributed by atoms with Crippen LogP contribution in [0.25, 0.3) is 6.08 Å². The Bertz CT molecular complexity index is 1090. The third-order valence-electron chi connectivity index (χ3n) is 6.50. The summed E-state index contributed by atoms with van der Waals surface area (Å²) in [4.78, 5) is 29.4. The quantitative estimate of drug-likeness (QED) is 0.402. The zero-order valence-electron chi connectivity index (χ0n) is 21.1. The molecule has 0 unspecified atom stereocenters. The van der Waals surface area contributed by atoms with E-state index in [0.29, 0.717) is 24.3 Å². The van der Waals surface area contributed by atoms with E-state index in [1.54, 1.807) is 13.2 Å². The Morgan fingerprint density at radius 2 is 1.89 bits per heavy atom. The van der Waals surface area contributed by atoms with Crippen molar-refractivity contribution in [2.75, 3.05) is 64.5 Å². The molecule has 0 bridgehead atoms. The summed E-state index contributed by atoms with van der Waals surface area (Å²) in [7, 11) is 1.62. The molecule has 4 rings (SSSR count). The van der Waals surface area contributed by atoms with Crippen LogP contribution in [0.2, 0.25) is 0 Å². The SMILES string of the molecule is CCOC(=O)c1cccc(N2CCN(CCCCNC(=O)C3=Cc4cc(OC)ccc4OC3)CC2)c1. The highest BCUT2D eigenvalue weighted by atomic mass is 16.5. The number of hydrogen-bond donors (Lipinski definition) is 1. The van der Waals surface area contributed by atoms with Crippen LogP contribution < -0.4 is 19.7 Å². The summed E-state index contributed by atoms with van der Waals surface area (Å²) in [6.07, 6.45) is 3.82. The van der Waals surface area contributed by atoms with E-state index in [0.717, 1.165) is 68.3 Å². The Labute approximate surface area is 212 Å². The Balaban J connectivity index is 1.15. The van der Waals surface area contributed by atoms with Crippen molar-refractivity contribution >= 4 is 23.6 Å². The number of benzene rings is 2. The van der Waals surface area contributed by atoms with Crippen molar-refractivity contribution in [2.45, 2.75) is 19.8 Å². The van der Waals surface area contributed by atoms with Crippen molar-refractivity contribution in [1.29, 1.82) is 0 Å². The van der Waals surface area contributed by atoms with E-state index in [4.69, 9.17) is 14.2 Å². The number of amides is 1. The van der Waals surface area contributed by atoms with Gasteiger partial charge in [-0.3, -0.25) is 9.69 Å². The smallest absolute Gasteiger partial charge is 0.338 e. The summed E-state index contributed by atoms with van der Waals surface area (Å²) in [5.74, 6) is 1.14. The minimum absolute atomic E-state index is 0.0814. The minimum Gasteiger partial charge on any atom is -0.497 e. The fraction of sp³-hybridized carbons (Fsp3) is 0.429. The van der Waals surface area contributed by atoms with Crippen LogP contribution in [0.5, 0.6) is 11.5 Å². The fourth-order valence-corrected chi connectivity index (χ4v) is 4.46. The van der Waals surface area contributed by atoms with E-state index >= 15 is 0 Å². The Morgan fingerprint density at radius 1 is 1.06 bits per heavy atom. The number of ether oxygens (including phenoxy) is 3. The van der Waals surface area contributed by atoms with Crippen molar-refractivity contribution < 1.29 is 23.8 Å². The third kappa shape index (κ3) is 6.57. The molecule has 0 spiro atoms. The highest BCUT2D eigenvalue weighted by Crippen LogP contribution is 2.30. The van der Waals surface area contributed by atoms with Gasteiger partial charge in [-0.1, -0.05) is 6.07 Å². The van der Waals surface area contributed by atoms with Crippen LogP contribution in [-0.4, -0.2) is 76.4 Å². The van der Waals surface area contributed by atoms with Crippen LogP contribution in [0.15, 0.2) is 48.0 Å². The molecule has 1 amide bonds. The van der Waals surface area contributed by atoms with Crippen LogP contribution >= 0.6 is 0 Å². The highest BCUT2D eigenvalue weighted by Gasteiger charge is 2.19. The zero-order chi connectivity index (χ0) is 25.3. The highest BCUT2D eigenvalue weighted by molar-refractivity contribution is 5.99. The molecule has 1 saturated heterocycles. The third-order valence-corrected chi connectivity index (χ3v) is 6.50. The molecule has 0 aromatic heterocycles. The molecule has 0 saturated carbocycles. The molecule has 0 radical (unpaired) electrons. The zero-order valence-corrected chi connectivity index (χ0v) is 21.1. The van der Waals surface area contributed by atoms with Gasteiger partial charge in [0.05, 0.1) is 24.9 Å². The van der Waals surface area contributed by atoms with E-state index in [1.807, 2.05) is 49.4 Å². The Morgan fingerprint density at radius 3 is 2.67 bits per heavy atom. The van der Waals surface area contributed by atoms with Crippen molar-refractivity contribution in [3.8, 4) is 11.5 Å². The standard InChI is InChI=1S/C28H35N3O5/c1-3-35-28(33)21-7-6-8-24(18-21)31-15-13-30(14-16-31)12-5-4-11-29-27(32)23-17-22-19-25(34-2)9-10-26(22)36-20-23/h6-10,17-19H,3-5,11-16,20H2,1-2H3,(H,29,32). The van der Waals surface area contributed by atoms with Gasteiger partial charge < -0.3 is 24.4 Å². The first-order chi connectivity index (χ1) is 17.6. The Kier molecular flexibility index (Phi) is 8.84. The van der Waals surface area contributed by atoms with Gasteiger partial charge in [0, 0.05) is 44.0 Å². The number of nitrogens with one attached hydrogen (secondary N) is 1. The van der Waals surface area contributed by atoms with Crippen LogP contribution in [-0.2, 0) is 9.53 Å². The number of rotatable bonds is 10. The summed E-state index contributed by atoms with van der Waals surface area (Å²) in [6, 6.07) is 13.2. The number of anilines is 1. The van der Waals surface area contributed by atoms with E-state index in [9.17, 15) is 9.59 Å². The van der Waals surface area contributed by atoms with Gasteiger partial charge in [0.25, 0.3) is 5.91 Å². The number of carbonyl (C=O) groups excluding carboxylic acids is 2. The molecule has 2 aliphatic rings. The number of hydrogen-bond acceptors (Lipinski definition) is 7. The fourth-order valence-electron chi connectivity index (χ4n) is 4.46. The molecule has 2 heterocycles. The molecule has 2 aliphatic heterocycles. The first kappa shape index (κ1) is 25.6. The predicted octanol–water partition coefficient (Wildman–Crippen LogP) is 3.37. The van der Waals surface area contributed by atoms with Gasteiger partial charge in [-0.2, -0.15) is 0 Å². The van der Waals surface area contributed by atoms with E-state index in [2.05, 4.69) is 15.1 Å². The van der Waals surface area contributed by atoms with Crippen LogP contribution in [0.4, 0.5) is 5.69 Å². The normalized spacial score (nSPS) is 15.4. The van der Waals surface area contributed by atoms with Gasteiger partial charge in [-0.15, -0.1) is 0 Å². The average Bonchev–Trinajstić information content (AvgIpc) is 2.92. The number of carbonyl (C=O) groups is 2. The second-order valence-electron chi connectivity index (χ2n) is 8.92. The van der Waals surface area contributed by atoms with Crippen LogP contribution in [0.1, 0.15) is 35.7 Å². The number of esters is 1. The first-order valence-corrected chi connectivity index (χ1v) is 12.6. The summed E-state index contributed by atoms with van der Waals surface area (Å²) < 4.78 is 16.1. The maximum Gasteiger partial charge on any atom is 0.338 e. The predicted molar refractivity (Wildman–Crippen MR) is 140 cm³/mol. The van der Waals surface area contributed by atoms with E-state index < -0.39 is 0 Å². The van der Waals surface area contributed by atoms with Gasteiger partial charge in [0.15, 0.2) is 0 Å². The summed E-state index contributed by atoms with van der Waals surface area (Å²) >= 11 is 0. The minimum atomic E-state index is -0.276. The number of unbranched alkanes of at least 4 members (excludes halogenated alkanes) is 1. The Hall–Kier alpha value is -3.52.